The Morgan fingerprint density at radius 2 is 1.97 bits per heavy atom. The molecule has 31 heavy (non-hydrogen) atoms. The van der Waals surface area contributed by atoms with E-state index in [4.69, 9.17) is 14.6 Å². The molecule has 2 amide bonds. The lowest BCUT2D eigenvalue weighted by atomic mass is 10.2. The van der Waals surface area contributed by atoms with Gasteiger partial charge in [0.2, 0.25) is 0 Å². The zero-order valence-corrected chi connectivity index (χ0v) is 16.9. The highest BCUT2D eigenvalue weighted by Gasteiger charge is 2.29. The molecule has 2 aromatic carbocycles. The molecule has 0 fully saturated rings. The molecule has 11 nitrogen and oxygen atoms in total. The number of nitrogens with zero attached hydrogens (tertiary/aromatic N) is 1. The van der Waals surface area contributed by atoms with Crippen LogP contribution >= 0.6 is 0 Å². The number of nitrogens with one attached hydrogen (secondary N) is 2. The summed E-state index contributed by atoms with van der Waals surface area (Å²) in [4.78, 5) is 35.7. The van der Waals surface area contributed by atoms with E-state index in [1.54, 1.807) is 6.92 Å². The Hall–Kier alpha value is -3.80. The minimum absolute atomic E-state index is 0.0432. The normalized spacial score (nSPS) is 17.6. The molecule has 0 bridgehead atoms. The number of hydrogen-bond donors (Lipinski definition) is 3. The van der Waals surface area contributed by atoms with Crippen LogP contribution in [-0.2, 0) is 24.4 Å². The second-order valence-electron chi connectivity index (χ2n) is 6.86. The lowest BCUT2D eigenvalue weighted by Crippen LogP contribution is -2.42. The highest BCUT2D eigenvalue weighted by Crippen LogP contribution is 2.36. The van der Waals surface area contributed by atoms with Crippen molar-refractivity contribution in [3.05, 3.63) is 36.4 Å². The van der Waals surface area contributed by atoms with Gasteiger partial charge in [-0.3, -0.25) is 24.0 Å². The highest BCUT2D eigenvalue weighted by atomic mass is 32.2. The fourth-order valence-corrected chi connectivity index (χ4v) is 4.21. The summed E-state index contributed by atoms with van der Waals surface area (Å²) in [6.07, 6.45) is -0.663. The minimum Gasteiger partial charge on any atom is -0.482 e. The molecule has 162 valence electrons. The Morgan fingerprint density at radius 1 is 1.23 bits per heavy atom. The maximum absolute atomic E-state index is 12.9. The Morgan fingerprint density at radius 3 is 2.71 bits per heavy atom. The van der Waals surface area contributed by atoms with Gasteiger partial charge in [0.05, 0.1) is 22.0 Å². The Labute approximate surface area is 176 Å². The van der Waals surface area contributed by atoms with Crippen LogP contribution in [0, 0.1) is 0 Å². The van der Waals surface area contributed by atoms with E-state index in [9.17, 15) is 22.8 Å². The molecule has 0 spiro atoms. The summed E-state index contributed by atoms with van der Waals surface area (Å²) in [5, 5.41) is 11.7. The van der Waals surface area contributed by atoms with Gasteiger partial charge in [0.1, 0.15) is 18.0 Å². The van der Waals surface area contributed by atoms with Crippen LogP contribution in [0.3, 0.4) is 0 Å². The van der Waals surface area contributed by atoms with E-state index in [-0.39, 0.29) is 34.5 Å². The minimum atomic E-state index is -4.11. The van der Waals surface area contributed by atoms with Crippen molar-refractivity contribution in [3.63, 3.8) is 0 Å². The van der Waals surface area contributed by atoms with Gasteiger partial charge in [-0.1, -0.05) is 0 Å². The van der Waals surface area contributed by atoms with Gasteiger partial charge in [-0.15, -0.1) is 0 Å². The lowest BCUT2D eigenvalue weighted by molar-refractivity contribution is -0.137. The van der Waals surface area contributed by atoms with E-state index < -0.39 is 34.5 Å². The zero-order chi connectivity index (χ0) is 22.3. The van der Waals surface area contributed by atoms with Gasteiger partial charge in [-0.25, -0.2) is 8.42 Å². The monoisotopic (exact) mass is 447 g/mol. The van der Waals surface area contributed by atoms with Gasteiger partial charge in [0.15, 0.2) is 12.7 Å². The van der Waals surface area contributed by atoms with E-state index in [0.717, 1.165) is 4.90 Å². The molecule has 1 atom stereocenters. The van der Waals surface area contributed by atoms with Crippen molar-refractivity contribution in [3.8, 4) is 11.5 Å². The number of benzene rings is 2. The first kappa shape index (κ1) is 20.5. The summed E-state index contributed by atoms with van der Waals surface area (Å²) in [7, 11) is -4.11. The summed E-state index contributed by atoms with van der Waals surface area (Å²) in [6, 6.07) is 8.22. The molecule has 3 N–H and O–H groups in total. The molecular formula is C19H17N3O8S. The number of fused-ring (bicyclic) bond motifs is 2. The number of sulfonamides is 1. The Bertz CT molecular complexity index is 1210. The average molecular weight is 447 g/mol. The second-order valence-corrected chi connectivity index (χ2v) is 8.54. The highest BCUT2D eigenvalue weighted by molar-refractivity contribution is 7.92. The van der Waals surface area contributed by atoms with Crippen LogP contribution in [0.4, 0.5) is 17.1 Å². The van der Waals surface area contributed by atoms with Gasteiger partial charge < -0.3 is 19.9 Å². The summed E-state index contributed by atoms with van der Waals surface area (Å²) in [6.45, 7) is 0.619. The molecule has 0 saturated carbocycles. The van der Waals surface area contributed by atoms with Crippen molar-refractivity contribution in [1.29, 1.82) is 0 Å². The molecule has 2 aliphatic rings. The van der Waals surface area contributed by atoms with Crippen LogP contribution < -0.4 is 24.4 Å². The molecule has 4 rings (SSSR count). The van der Waals surface area contributed by atoms with Crippen LogP contribution in [0.15, 0.2) is 41.3 Å². The largest absolute Gasteiger partial charge is 0.482 e. The molecule has 2 aliphatic heterocycles. The summed E-state index contributed by atoms with van der Waals surface area (Å²) in [5.41, 5.74) is 0.534. The smallest absolute Gasteiger partial charge is 0.323 e. The van der Waals surface area contributed by atoms with Gasteiger partial charge in [-0.05, 0) is 43.3 Å². The second kappa shape index (κ2) is 7.47. The van der Waals surface area contributed by atoms with Crippen molar-refractivity contribution in [2.24, 2.45) is 0 Å². The first-order chi connectivity index (χ1) is 14.6. The lowest BCUT2D eigenvalue weighted by Gasteiger charge is -2.28. The number of rotatable bonds is 5. The maximum Gasteiger partial charge on any atom is 0.323 e. The van der Waals surface area contributed by atoms with Gasteiger partial charge >= 0.3 is 5.97 Å². The fraction of sp³-hybridized carbons (Fsp3) is 0.211. The number of ether oxygens (including phenoxy) is 2. The number of anilines is 3. The molecule has 1 unspecified atom stereocenters. The van der Waals surface area contributed by atoms with E-state index in [0.29, 0.717) is 11.4 Å². The van der Waals surface area contributed by atoms with E-state index in [1.165, 1.54) is 36.4 Å². The van der Waals surface area contributed by atoms with E-state index in [1.807, 2.05) is 0 Å². The van der Waals surface area contributed by atoms with Crippen LogP contribution in [0.1, 0.15) is 6.92 Å². The van der Waals surface area contributed by atoms with Crippen molar-refractivity contribution < 1.29 is 37.4 Å². The van der Waals surface area contributed by atoms with Crippen molar-refractivity contribution in [2.45, 2.75) is 17.9 Å². The fourth-order valence-electron chi connectivity index (χ4n) is 3.14. The molecule has 0 saturated heterocycles. The predicted octanol–water partition coefficient (Wildman–Crippen LogP) is 1.02. The summed E-state index contributed by atoms with van der Waals surface area (Å²) < 4.78 is 38.9. The topological polar surface area (TPSA) is 151 Å². The van der Waals surface area contributed by atoms with E-state index >= 15 is 0 Å². The third kappa shape index (κ3) is 3.97. The number of hydrogen-bond acceptors (Lipinski definition) is 7. The summed E-state index contributed by atoms with van der Waals surface area (Å²) in [5.74, 6) is -1.60. The van der Waals surface area contributed by atoms with Crippen molar-refractivity contribution >= 4 is 44.9 Å². The van der Waals surface area contributed by atoms with Crippen LogP contribution in [-0.4, -0.2) is 50.6 Å². The summed E-state index contributed by atoms with van der Waals surface area (Å²) >= 11 is 0. The standard InChI is InChI=1S/C19H17N3O8S/c1-10-19(26)20-13-6-11(2-4-15(13)30-10)21-31(27,28)12-3-5-16-14(7-12)22(8-18(24)25)17(23)9-29-16/h2-7,10,21H,8-9H2,1H3,(H,20,26)(H,24,25). The molecule has 0 aromatic heterocycles. The maximum atomic E-state index is 12.9. The van der Waals surface area contributed by atoms with Crippen molar-refractivity contribution in [1.82, 2.24) is 0 Å². The zero-order valence-electron chi connectivity index (χ0n) is 16.1. The quantitative estimate of drug-likeness (QED) is 0.614. The molecule has 0 radical (unpaired) electrons. The number of carboxylic acid groups (broad SMARTS) is 1. The Kier molecular flexibility index (Phi) is 4.93. The third-order valence-electron chi connectivity index (χ3n) is 4.64. The number of carbonyl (C=O) groups is 3. The average Bonchev–Trinajstić information content (AvgIpc) is 2.70. The van der Waals surface area contributed by atoms with Gasteiger partial charge in [0.25, 0.3) is 21.8 Å². The van der Waals surface area contributed by atoms with E-state index in [2.05, 4.69) is 10.0 Å². The van der Waals surface area contributed by atoms with Crippen LogP contribution in [0.2, 0.25) is 0 Å². The number of amides is 2. The van der Waals surface area contributed by atoms with Gasteiger partial charge in [-0.2, -0.15) is 0 Å². The molecule has 2 aromatic rings. The number of carboxylic acids is 1. The first-order valence-electron chi connectivity index (χ1n) is 9.07. The van der Waals surface area contributed by atoms with Gasteiger partial charge in [0, 0.05) is 0 Å². The Balaban J connectivity index is 1.64. The third-order valence-corrected chi connectivity index (χ3v) is 6.02. The van der Waals surface area contributed by atoms with Crippen LogP contribution in [0.25, 0.3) is 0 Å². The van der Waals surface area contributed by atoms with Crippen molar-refractivity contribution in [2.75, 3.05) is 28.1 Å². The SMILES string of the molecule is CC1Oc2ccc(NS(=O)(=O)c3ccc4c(c3)N(CC(=O)O)C(=O)CO4)cc2NC1=O. The number of aliphatic carboxylic acids is 1. The molecule has 12 heteroatoms. The number of carbonyl (C=O) groups excluding carboxylic acids is 2. The first-order valence-corrected chi connectivity index (χ1v) is 10.6. The molecule has 0 aliphatic carbocycles. The molecular weight excluding hydrogens is 430 g/mol. The predicted molar refractivity (Wildman–Crippen MR) is 108 cm³/mol. The molecule has 2 heterocycles. The van der Waals surface area contributed by atoms with Crippen LogP contribution in [0.5, 0.6) is 11.5 Å².